The Morgan fingerprint density at radius 3 is 2.38 bits per heavy atom. The number of hydrogen-bond donors (Lipinski definition) is 3. The minimum atomic E-state index is -4.39. The summed E-state index contributed by atoms with van der Waals surface area (Å²) in [6.07, 6.45) is -4.39. The first kappa shape index (κ1) is 23.0. The van der Waals surface area contributed by atoms with E-state index in [2.05, 4.69) is 31.4 Å². The van der Waals surface area contributed by atoms with Crippen LogP contribution in [0.5, 0.6) is 0 Å². The molecular formula is C21H24F3N7O. The van der Waals surface area contributed by atoms with Crippen LogP contribution in [0.25, 0.3) is 11.4 Å². The van der Waals surface area contributed by atoms with Crippen LogP contribution in [0, 0.1) is 0 Å². The average molecular weight is 447 g/mol. The van der Waals surface area contributed by atoms with Gasteiger partial charge in [0.15, 0.2) is 0 Å². The zero-order valence-electron chi connectivity index (χ0n) is 17.9. The number of aromatic nitrogens is 4. The lowest BCUT2D eigenvalue weighted by Crippen LogP contribution is -2.47. The largest absolute Gasteiger partial charge is 0.416 e. The van der Waals surface area contributed by atoms with Gasteiger partial charge in [-0.05, 0) is 62.4 Å². The van der Waals surface area contributed by atoms with Crippen molar-refractivity contribution in [1.82, 2.24) is 30.8 Å². The summed E-state index contributed by atoms with van der Waals surface area (Å²) in [7, 11) is 0. The predicted octanol–water partition coefficient (Wildman–Crippen LogP) is 4.20. The number of urea groups is 1. The lowest BCUT2D eigenvalue weighted by Gasteiger charge is -2.20. The summed E-state index contributed by atoms with van der Waals surface area (Å²) in [5.74, 6) is 0.346. The Labute approximate surface area is 183 Å². The number of benzene rings is 2. The van der Waals surface area contributed by atoms with Gasteiger partial charge in [-0.25, -0.2) is 4.79 Å². The third kappa shape index (κ3) is 6.43. The van der Waals surface area contributed by atoms with Crippen molar-refractivity contribution < 1.29 is 18.0 Å². The minimum absolute atomic E-state index is 0.288. The molecule has 32 heavy (non-hydrogen) atoms. The normalized spacial score (nSPS) is 11.8. The lowest BCUT2D eigenvalue weighted by molar-refractivity contribution is -0.137. The molecule has 0 unspecified atom stereocenters. The molecule has 0 radical (unpaired) electrons. The number of carbonyl (C=O) groups excluding carboxylic acids is 1. The molecule has 8 nitrogen and oxygen atoms in total. The van der Waals surface area contributed by atoms with E-state index >= 15 is 0 Å². The predicted molar refractivity (Wildman–Crippen MR) is 114 cm³/mol. The minimum Gasteiger partial charge on any atom is -0.355 e. The van der Waals surface area contributed by atoms with Crippen LogP contribution in [-0.2, 0) is 12.7 Å². The molecule has 11 heteroatoms. The maximum absolute atomic E-state index is 12.8. The van der Waals surface area contributed by atoms with Gasteiger partial charge in [-0.3, -0.25) is 0 Å². The van der Waals surface area contributed by atoms with Gasteiger partial charge in [0, 0.05) is 29.0 Å². The number of alkyl halides is 3. The molecule has 170 valence electrons. The van der Waals surface area contributed by atoms with Crippen molar-refractivity contribution in [2.45, 2.75) is 39.0 Å². The summed E-state index contributed by atoms with van der Waals surface area (Å²) >= 11 is 0. The zero-order chi connectivity index (χ0) is 23.4. The van der Waals surface area contributed by atoms with E-state index in [9.17, 15) is 18.0 Å². The second-order valence-corrected chi connectivity index (χ2v) is 8.09. The fourth-order valence-corrected chi connectivity index (χ4v) is 2.79. The van der Waals surface area contributed by atoms with Gasteiger partial charge in [0.05, 0.1) is 12.1 Å². The number of tetrazole rings is 1. The molecule has 0 saturated carbocycles. The van der Waals surface area contributed by atoms with E-state index in [4.69, 9.17) is 0 Å². The summed E-state index contributed by atoms with van der Waals surface area (Å²) in [6.45, 7) is 6.28. The molecule has 3 aromatic rings. The van der Waals surface area contributed by atoms with Crippen LogP contribution in [0.15, 0.2) is 48.5 Å². The number of hydrogen-bond acceptors (Lipinski definition) is 5. The third-order valence-corrected chi connectivity index (χ3v) is 4.20. The number of halogens is 3. The Morgan fingerprint density at radius 2 is 1.72 bits per heavy atom. The van der Waals surface area contributed by atoms with Crippen LogP contribution in [0.1, 0.15) is 26.3 Å². The molecule has 3 N–H and O–H groups in total. The van der Waals surface area contributed by atoms with Crippen molar-refractivity contribution in [3.8, 4) is 11.4 Å². The van der Waals surface area contributed by atoms with Gasteiger partial charge in [-0.2, -0.15) is 18.0 Å². The van der Waals surface area contributed by atoms with Crippen LogP contribution < -0.4 is 16.0 Å². The van der Waals surface area contributed by atoms with E-state index in [0.717, 1.165) is 12.1 Å². The molecule has 0 bridgehead atoms. The first-order valence-corrected chi connectivity index (χ1v) is 9.89. The van der Waals surface area contributed by atoms with E-state index in [0.29, 0.717) is 35.9 Å². The van der Waals surface area contributed by atoms with E-state index in [1.807, 2.05) is 20.8 Å². The summed E-state index contributed by atoms with van der Waals surface area (Å²) in [5, 5.41) is 21.0. The van der Waals surface area contributed by atoms with E-state index in [1.54, 1.807) is 24.3 Å². The van der Waals surface area contributed by atoms with E-state index in [-0.39, 0.29) is 11.6 Å². The molecule has 0 atom stereocenters. The first-order valence-electron chi connectivity index (χ1n) is 9.89. The highest BCUT2D eigenvalue weighted by Crippen LogP contribution is 2.32. The van der Waals surface area contributed by atoms with Gasteiger partial charge in [0.2, 0.25) is 5.82 Å². The van der Waals surface area contributed by atoms with Gasteiger partial charge in [-0.15, -0.1) is 10.2 Å². The van der Waals surface area contributed by atoms with E-state index < -0.39 is 11.7 Å². The summed E-state index contributed by atoms with van der Waals surface area (Å²) < 4.78 is 38.3. The van der Waals surface area contributed by atoms with Gasteiger partial charge in [0.25, 0.3) is 0 Å². The molecule has 2 amide bonds. The Morgan fingerprint density at radius 1 is 1.03 bits per heavy atom. The van der Waals surface area contributed by atoms with Gasteiger partial charge in [0.1, 0.15) is 0 Å². The number of nitrogens with zero attached hydrogens (tertiary/aromatic N) is 4. The fraction of sp³-hybridized carbons (Fsp3) is 0.333. The molecule has 3 rings (SSSR count). The van der Waals surface area contributed by atoms with Crippen LogP contribution >= 0.6 is 0 Å². The summed E-state index contributed by atoms with van der Waals surface area (Å²) in [5.41, 5.74) is 0.691. The van der Waals surface area contributed by atoms with Gasteiger partial charge in [-0.1, -0.05) is 12.1 Å². The van der Waals surface area contributed by atoms with Gasteiger partial charge < -0.3 is 16.0 Å². The fourth-order valence-electron chi connectivity index (χ4n) is 2.79. The smallest absolute Gasteiger partial charge is 0.355 e. The highest BCUT2D eigenvalue weighted by molar-refractivity contribution is 5.77. The summed E-state index contributed by atoms with van der Waals surface area (Å²) in [6, 6.07) is 11.6. The highest BCUT2D eigenvalue weighted by Gasteiger charge is 2.30. The number of rotatable bonds is 6. The third-order valence-electron chi connectivity index (χ3n) is 4.20. The van der Waals surface area contributed by atoms with Crippen molar-refractivity contribution >= 4 is 17.4 Å². The van der Waals surface area contributed by atoms with Crippen LogP contribution in [-0.4, -0.2) is 38.3 Å². The Hall–Kier alpha value is -3.63. The second-order valence-electron chi connectivity index (χ2n) is 8.09. The van der Waals surface area contributed by atoms with Crippen molar-refractivity contribution in [3.63, 3.8) is 0 Å². The molecular weight excluding hydrogens is 423 g/mol. The molecule has 0 aliphatic rings. The number of carbonyl (C=O) groups is 1. The van der Waals surface area contributed by atoms with Crippen LogP contribution in [0.2, 0.25) is 0 Å². The first-order chi connectivity index (χ1) is 15.0. The Bertz CT molecular complexity index is 1060. The maximum Gasteiger partial charge on any atom is 0.416 e. The van der Waals surface area contributed by atoms with Gasteiger partial charge >= 0.3 is 12.2 Å². The molecule has 0 aliphatic heterocycles. The van der Waals surface area contributed by atoms with Crippen molar-refractivity contribution in [2.75, 3.05) is 11.9 Å². The number of anilines is 2. The van der Waals surface area contributed by atoms with Crippen molar-refractivity contribution in [1.29, 1.82) is 0 Å². The molecule has 0 fully saturated rings. The summed E-state index contributed by atoms with van der Waals surface area (Å²) in [4.78, 5) is 13.2. The Balaban J connectivity index is 1.66. The average Bonchev–Trinajstić information content (AvgIpc) is 3.15. The molecule has 0 spiro atoms. The molecule has 0 aliphatic carbocycles. The number of para-hydroxylation sites is 1. The van der Waals surface area contributed by atoms with Crippen LogP contribution in [0.4, 0.5) is 29.3 Å². The van der Waals surface area contributed by atoms with Crippen molar-refractivity contribution in [2.24, 2.45) is 0 Å². The topological polar surface area (TPSA) is 96.8 Å². The van der Waals surface area contributed by atoms with Crippen LogP contribution in [0.3, 0.4) is 0 Å². The Kier molecular flexibility index (Phi) is 6.66. The quantitative estimate of drug-likeness (QED) is 0.526. The maximum atomic E-state index is 12.8. The van der Waals surface area contributed by atoms with Crippen molar-refractivity contribution in [3.05, 3.63) is 54.1 Å². The monoisotopic (exact) mass is 447 g/mol. The SMILES string of the molecule is CC(C)(C)NC(=O)NCCn1nnc(-c2ccccc2Nc2ccc(C(F)(F)F)cc2)n1. The molecule has 0 saturated heterocycles. The zero-order valence-corrected chi connectivity index (χ0v) is 17.9. The molecule has 2 aromatic carbocycles. The number of amides is 2. The molecule has 1 heterocycles. The lowest BCUT2D eigenvalue weighted by atomic mass is 10.1. The number of nitrogens with one attached hydrogen (secondary N) is 3. The van der Waals surface area contributed by atoms with E-state index in [1.165, 1.54) is 16.9 Å². The highest BCUT2D eigenvalue weighted by atomic mass is 19.4. The standard InChI is InChI=1S/C21H24F3N7O/c1-20(2,3)27-19(32)25-12-13-31-29-18(28-30-31)16-6-4-5-7-17(16)26-15-10-8-14(9-11-15)21(22,23)24/h4-11,26H,12-13H2,1-3H3,(H2,25,27,32). The second kappa shape index (κ2) is 9.25. The molecule has 1 aromatic heterocycles.